The molecule has 0 aromatic carbocycles. The highest BCUT2D eigenvalue weighted by Gasteiger charge is 2.36. The van der Waals surface area contributed by atoms with Crippen molar-refractivity contribution in [2.24, 2.45) is 0 Å². The van der Waals surface area contributed by atoms with Crippen LogP contribution in [0.2, 0.25) is 0 Å². The van der Waals surface area contributed by atoms with Gasteiger partial charge in [0.05, 0.1) is 5.60 Å². The summed E-state index contributed by atoms with van der Waals surface area (Å²) in [5, 5.41) is 11.8. The third-order valence-corrected chi connectivity index (χ3v) is 3.14. The van der Waals surface area contributed by atoms with Gasteiger partial charge in [0, 0.05) is 19.9 Å². The molecule has 1 fully saturated rings. The molecule has 0 bridgehead atoms. The molecule has 6 heteroatoms. The number of carbonyl (C=O) groups is 1. The van der Waals surface area contributed by atoms with Gasteiger partial charge in [0.25, 0.3) is 0 Å². The third-order valence-electron chi connectivity index (χ3n) is 3.14. The van der Waals surface area contributed by atoms with Gasteiger partial charge >= 0.3 is 5.97 Å². The van der Waals surface area contributed by atoms with Crippen molar-refractivity contribution in [3.63, 3.8) is 0 Å². The Bertz CT molecular complexity index is 413. The van der Waals surface area contributed by atoms with Crippen LogP contribution in [0.5, 0.6) is 0 Å². The predicted octanol–water partition coefficient (Wildman–Crippen LogP) is 1.16. The van der Waals surface area contributed by atoms with E-state index in [4.69, 9.17) is 9.84 Å². The maximum absolute atomic E-state index is 10.7. The maximum Gasteiger partial charge on any atom is 0.354 e. The molecule has 2 N–H and O–H groups in total. The van der Waals surface area contributed by atoms with Gasteiger partial charge in [-0.2, -0.15) is 0 Å². The number of rotatable bonds is 5. The summed E-state index contributed by atoms with van der Waals surface area (Å²) in [7, 11) is 1.69. The van der Waals surface area contributed by atoms with E-state index < -0.39 is 5.97 Å². The summed E-state index contributed by atoms with van der Waals surface area (Å²) >= 11 is 0. The number of carboxylic acids is 1. The van der Waals surface area contributed by atoms with E-state index in [0.717, 1.165) is 19.3 Å². The first-order valence-electron chi connectivity index (χ1n) is 5.51. The molecule has 0 atom stereocenters. The van der Waals surface area contributed by atoms with Crippen LogP contribution in [0.1, 0.15) is 29.8 Å². The van der Waals surface area contributed by atoms with Crippen molar-refractivity contribution in [1.29, 1.82) is 0 Å². The summed E-state index contributed by atoms with van der Waals surface area (Å²) in [6, 6.07) is 1.36. The molecule has 0 radical (unpaired) electrons. The Morgan fingerprint density at radius 2 is 2.41 bits per heavy atom. The smallest absolute Gasteiger partial charge is 0.354 e. The molecule has 6 nitrogen and oxygen atoms in total. The van der Waals surface area contributed by atoms with Crippen LogP contribution < -0.4 is 5.32 Å². The highest BCUT2D eigenvalue weighted by atomic mass is 16.5. The number of methoxy groups -OCH3 is 1. The van der Waals surface area contributed by atoms with Crippen molar-refractivity contribution in [2.75, 3.05) is 19.0 Å². The van der Waals surface area contributed by atoms with E-state index in [1.165, 1.54) is 12.3 Å². The first kappa shape index (κ1) is 11.8. The highest BCUT2D eigenvalue weighted by Crippen LogP contribution is 2.34. The second kappa shape index (κ2) is 4.67. The normalized spacial score (nSPS) is 17.2. The van der Waals surface area contributed by atoms with Gasteiger partial charge in [-0.3, -0.25) is 0 Å². The average molecular weight is 237 g/mol. The third kappa shape index (κ3) is 2.52. The average Bonchev–Trinajstić information content (AvgIpc) is 2.28. The molecule has 0 unspecified atom stereocenters. The Morgan fingerprint density at radius 3 is 2.94 bits per heavy atom. The van der Waals surface area contributed by atoms with Gasteiger partial charge in [0.15, 0.2) is 5.69 Å². The number of hydrogen-bond donors (Lipinski definition) is 2. The summed E-state index contributed by atoms with van der Waals surface area (Å²) < 4.78 is 5.44. The lowest BCUT2D eigenvalue weighted by Crippen LogP contribution is -2.45. The van der Waals surface area contributed by atoms with Crippen LogP contribution in [0, 0.1) is 0 Å². The Labute approximate surface area is 99.0 Å². The van der Waals surface area contributed by atoms with Crippen LogP contribution in [0.25, 0.3) is 0 Å². The van der Waals surface area contributed by atoms with E-state index in [-0.39, 0.29) is 11.3 Å². The quantitative estimate of drug-likeness (QED) is 0.799. The number of aromatic carboxylic acids is 1. The monoisotopic (exact) mass is 237 g/mol. The Morgan fingerprint density at radius 1 is 1.65 bits per heavy atom. The number of nitrogens with one attached hydrogen (secondary N) is 1. The SMILES string of the molecule is COC1(CNc2nccc(C(=O)O)n2)CCC1. The van der Waals surface area contributed by atoms with E-state index in [1.807, 2.05) is 0 Å². The van der Waals surface area contributed by atoms with Gasteiger partial charge in [-0.15, -0.1) is 0 Å². The summed E-state index contributed by atoms with van der Waals surface area (Å²) in [5.41, 5.74) is -0.148. The predicted molar refractivity (Wildman–Crippen MR) is 61.1 cm³/mol. The zero-order valence-electron chi connectivity index (χ0n) is 9.64. The largest absolute Gasteiger partial charge is 0.477 e. The van der Waals surface area contributed by atoms with Gasteiger partial charge in [0.2, 0.25) is 5.95 Å². The lowest BCUT2D eigenvalue weighted by Gasteiger charge is -2.40. The number of aromatic nitrogens is 2. The Kier molecular flexibility index (Phi) is 3.23. The van der Waals surface area contributed by atoms with E-state index in [0.29, 0.717) is 12.5 Å². The van der Waals surface area contributed by atoms with Crippen LogP contribution >= 0.6 is 0 Å². The molecule has 1 aliphatic rings. The van der Waals surface area contributed by atoms with Crippen LogP contribution in [0.3, 0.4) is 0 Å². The fourth-order valence-electron chi connectivity index (χ4n) is 1.83. The maximum atomic E-state index is 10.7. The summed E-state index contributed by atoms with van der Waals surface area (Å²) in [6.07, 6.45) is 4.61. The molecule has 1 aromatic heterocycles. The molecular weight excluding hydrogens is 222 g/mol. The minimum absolute atomic E-state index is 0.0115. The Hall–Kier alpha value is -1.69. The molecule has 2 rings (SSSR count). The molecule has 0 saturated heterocycles. The number of hydrogen-bond acceptors (Lipinski definition) is 5. The van der Waals surface area contributed by atoms with Gasteiger partial charge in [-0.25, -0.2) is 14.8 Å². The Balaban J connectivity index is 1.99. The second-order valence-electron chi connectivity index (χ2n) is 4.16. The number of ether oxygens (including phenoxy) is 1. The van der Waals surface area contributed by atoms with E-state index in [2.05, 4.69) is 15.3 Å². The van der Waals surface area contributed by atoms with Crippen molar-refractivity contribution >= 4 is 11.9 Å². The fraction of sp³-hybridized carbons (Fsp3) is 0.545. The molecule has 0 amide bonds. The number of carboxylic acid groups (broad SMARTS) is 1. The lowest BCUT2D eigenvalue weighted by atomic mass is 9.80. The molecular formula is C11H15N3O3. The van der Waals surface area contributed by atoms with Crippen molar-refractivity contribution < 1.29 is 14.6 Å². The van der Waals surface area contributed by atoms with Crippen LogP contribution in [0.15, 0.2) is 12.3 Å². The zero-order valence-corrected chi connectivity index (χ0v) is 9.64. The van der Waals surface area contributed by atoms with Crippen molar-refractivity contribution in [3.8, 4) is 0 Å². The van der Waals surface area contributed by atoms with Crippen LogP contribution in [-0.2, 0) is 4.74 Å². The first-order valence-corrected chi connectivity index (χ1v) is 5.51. The summed E-state index contributed by atoms with van der Waals surface area (Å²) in [6.45, 7) is 0.604. The van der Waals surface area contributed by atoms with Crippen LogP contribution in [0.4, 0.5) is 5.95 Å². The minimum Gasteiger partial charge on any atom is -0.477 e. The van der Waals surface area contributed by atoms with Crippen molar-refractivity contribution in [1.82, 2.24) is 9.97 Å². The first-order chi connectivity index (χ1) is 8.15. The highest BCUT2D eigenvalue weighted by molar-refractivity contribution is 5.85. The molecule has 92 valence electrons. The summed E-state index contributed by atoms with van der Waals surface area (Å²) in [5.74, 6) is -0.728. The van der Waals surface area contributed by atoms with E-state index in [1.54, 1.807) is 7.11 Å². The molecule has 0 aliphatic heterocycles. The second-order valence-corrected chi connectivity index (χ2v) is 4.16. The van der Waals surface area contributed by atoms with Crippen molar-refractivity contribution in [2.45, 2.75) is 24.9 Å². The summed E-state index contributed by atoms with van der Waals surface area (Å²) in [4.78, 5) is 18.6. The minimum atomic E-state index is -1.06. The zero-order chi connectivity index (χ0) is 12.3. The van der Waals surface area contributed by atoms with E-state index in [9.17, 15) is 4.79 Å². The number of nitrogens with zero attached hydrogens (tertiary/aromatic N) is 2. The van der Waals surface area contributed by atoms with Gasteiger partial charge in [0.1, 0.15) is 0 Å². The molecule has 0 spiro atoms. The van der Waals surface area contributed by atoms with Gasteiger partial charge in [-0.05, 0) is 25.3 Å². The lowest BCUT2D eigenvalue weighted by molar-refractivity contribution is -0.0602. The molecule has 1 heterocycles. The fourth-order valence-corrected chi connectivity index (χ4v) is 1.83. The number of anilines is 1. The van der Waals surface area contributed by atoms with Crippen molar-refractivity contribution in [3.05, 3.63) is 18.0 Å². The molecule has 1 aromatic rings. The molecule has 17 heavy (non-hydrogen) atoms. The molecule has 1 aliphatic carbocycles. The van der Waals surface area contributed by atoms with Gasteiger partial charge < -0.3 is 15.2 Å². The molecule has 1 saturated carbocycles. The van der Waals surface area contributed by atoms with Crippen LogP contribution in [-0.4, -0.2) is 40.3 Å². The topological polar surface area (TPSA) is 84.3 Å². The van der Waals surface area contributed by atoms with Gasteiger partial charge in [-0.1, -0.05) is 0 Å². The standard InChI is InChI=1S/C11H15N3O3/c1-17-11(4-2-5-11)7-13-10-12-6-3-8(14-10)9(15)16/h3,6H,2,4-5,7H2,1H3,(H,15,16)(H,12,13,14). The van der Waals surface area contributed by atoms with E-state index >= 15 is 0 Å².